The van der Waals surface area contributed by atoms with Gasteiger partial charge in [0, 0.05) is 26.1 Å². The minimum absolute atomic E-state index is 0.0414. The van der Waals surface area contributed by atoms with Crippen LogP contribution < -0.4 is 5.56 Å². The number of benzene rings is 2. The molecule has 1 aromatic heterocycles. The van der Waals surface area contributed by atoms with Crippen LogP contribution >= 0.6 is 0 Å². The number of rotatable bonds is 5. The summed E-state index contributed by atoms with van der Waals surface area (Å²) in [6, 6.07) is 14.7. The van der Waals surface area contributed by atoms with Crippen molar-refractivity contribution in [2.75, 3.05) is 13.1 Å². The fourth-order valence-electron chi connectivity index (χ4n) is 4.30. The molecule has 2 aromatic carbocycles. The van der Waals surface area contributed by atoms with Crippen molar-refractivity contribution in [3.05, 3.63) is 70.3 Å². The van der Waals surface area contributed by atoms with Gasteiger partial charge < -0.3 is 10.0 Å². The van der Waals surface area contributed by atoms with E-state index in [2.05, 4.69) is 4.98 Å². The van der Waals surface area contributed by atoms with E-state index in [-0.39, 0.29) is 17.2 Å². The Kier molecular flexibility index (Phi) is 5.84. The highest BCUT2D eigenvalue weighted by Gasteiger charge is 2.23. The molecule has 3 aromatic rings. The summed E-state index contributed by atoms with van der Waals surface area (Å²) in [5, 5.41) is 10.1. The van der Waals surface area contributed by atoms with E-state index in [0.29, 0.717) is 42.0 Å². The Morgan fingerprint density at radius 3 is 2.53 bits per heavy atom. The van der Waals surface area contributed by atoms with Gasteiger partial charge in [-0.1, -0.05) is 24.3 Å². The third kappa shape index (κ3) is 4.22. The predicted octanol–water partition coefficient (Wildman–Crippen LogP) is 3.60. The zero-order chi connectivity index (χ0) is 21.1. The average Bonchev–Trinajstić information content (AvgIpc) is 2.76. The molecule has 0 saturated carbocycles. The van der Waals surface area contributed by atoms with Gasteiger partial charge in [0.25, 0.3) is 5.56 Å². The van der Waals surface area contributed by atoms with E-state index in [9.17, 15) is 14.7 Å². The maximum Gasteiger partial charge on any atom is 0.261 e. The van der Waals surface area contributed by atoms with Gasteiger partial charge in [-0.15, -0.1) is 0 Å². The zero-order valence-corrected chi connectivity index (χ0v) is 17.3. The number of carbonyl (C=O) groups is 1. The predicted molar refractivity (Wildman–Crippen MR) is 117 cm³/mol. The lowest BCUT2D eigenvalue weighted by Gasteiger charge is -2.32. The molecule has 1 amide bonds. The molecule has 2 heterocycles. The molecule has 1 N–H and O–H groups in total. The first kappa shape index (κ1) is 20.1. The number of hydrogen-bond donors (Lipinski definition) is 1. The van der Waals surface area contributed by atoms with Crippen LogP contribution in [0.2, 0.25) is 0 Å². The highest BCUT2D eigenvalue weighted by atomic mass is 16.3. The van der Waals surface area contributed by atoms with Crippen molar-refractivity contribution in [1.29, 1.82) is 0 Å². The standard InChI is InChI=1S/C24H27N3O3/c1-17-25-22-6-3-2-5-21(22)24(30)27(17)14-4-7-23(29)26-15-12-19(13-16-26)18-8-10-20(28)11-9-18/h2-3,5-6,8-11,19,28H,4,7,12-16H2,1H3. The molecular weight excluding hydrogens is 378 g/mol. The molecule has 0 radical (unpaired) electrons. The topological polar surface area (TPSA) is 75.4 Å². The van der Waals surface area contributed by atoms with Crippen LogP contribution in [0.3, 0.4) is 0 Å². The van der Waals surface area contributed by atoms with Gasteiger partial charge in [-0.05, 0) is 61.9 Å². The molecule has 30 heavy (non-hydrogen) atoms. The van der Waals surface area contributed by atoms with Crippen molar-refractivity contribution < 1.29 is 9.90 Å². The van der Waals surface area contributed by atoms with Crippen molar-refractivity contribution >= 4 is 16.8 Å². The molecule has 0 atom stereocenters. The first-order valence-electron chi connectivity index (χ1n) is 10.6. The van der Waals surface area contributed by atoms with Gasteiger partial charge in [0.1, 0.15) is 11.6 Å². The van der Waals surface area contributed by atoms with E-state index >= 15 is 0 Å². The van der Waals surface area contributed by atoms with Crippen LogP contribution in [0.15, 0.2) is 53.3 Å². The second kappa shape index (κ2) is 8.69. The maximum absolute atomic E-state index is 12.7. The second-order valence-electron chi connectivity index (χ2n) is 7.98. The van der Waals surface area contributed by atoms with Crippen molar-refractivity contribution in [1.82, 2.24) is 14.5 Å². The number of nitrogens with zero attached hydrogens (tertiary/aromatic N) is 3. The summed E-state index contributed by atoms with van der Waals surface area (Å²) < 4.78 is 1.67. The van der Waals surface area contributed by atoms with Crippen LogP contribution in [-0.4, -0.2) is 38.6 Å². The van der Waals surface area contributed by atoms with Crippen LogP contribution in [0.25, 0.3) is 10.9 Å². The first-order valence-corrected chi connectivity index (χ1v) is 10.6. The summed E-state index contributed by atoms with van der Waals surface area (Å²) in [6.07, 6.45) is 2.92. The molecule has 1 aliphatic heterocycles. The lowest BCUT2D eigenvalue weighted by molar-refractivity contribution is -0.132. The second-order valence-corrected chi connectivity index (χ2v) is 7.98. The Bertz CT molecular complexity index is 1100. The number of likely N-dealkylation sites (tertiary alicyclic amines) is 1. The Labute approximate surface area is 175 Å². The molecule has 1 saturated heterocycles. The average molecular weight is 405 g/mol. The van der Waals surface area contributed by atoms with Crippen LogP contribution in [0.4, 0.5) is 0 Å². The van der Waals surface area contributed by atoms with Gasteiger partial charge in [0.05, 0.1) is 10.9 Å². The van der Waals surface area contributed by atoms with Crippen molar-refractivity contribution in [2.45, 2.75) is 45.1 Å². The van der Waals surface area contributed by atoms with E-state index in [1.54, 1.807) is 22.8 Å². The lowest BCUT2D eigenvalue weighted by atomic mass is 9.89. The number of aromatic hydroxyl groups is 1. The number of hydrogen-bond acceptors (Lipinski definition) is 4. The zero-order valence-electron chi connectivity index (χ0n) is 17.3. The molecule has 4 rings (SSSR count). The molecular formula is C24H27N3O3. The van der Waals surface area contributed by atoms with E-state index in [4.69, 9.17) is 0 Å². The third-order valence-corrected chi connectivity index (χ3v) is 6.04. The largest absolute Gasteiger partial charge is 0.508 e. The Balaban J connectivity index is 1.31. The number of aromatic nitrogens is 2. The van der Waals surface area contributed by atoms with Crippen LogP contribution in [0, 0.1) is 6.92 Å². The van der Waals surface area contributed by atoms with Crippen LogP contribution in [-0.2, 0) is 11.3 Å². The summed E-state index contributed by atoms with van der Waals surface area (Å²) >= 11 is 0. The number of carbonyl (C=O) groups excluding carboxylic acids is 1. The SMILES string of the molecule is Cc1nc2ccccc2c(=O)n1CCCC(=O)N1CCC(c2ccc(O)cc2)CC1. The number of phenols is 1. The first-order chi connectivity index (χ1) is 14.5. The van der Waals surface area contributed by atoms with Gasteiger partial charge in [-0.3, -0.25) is 14.2 Å². The van der Waals surface area contributed by atoms with Crippen molar-refractivity contribution in [2.24, 2.45) is 0 Å². The Morgan fingerprint density at radius 2 is 1.80 bits per heavy atom. The molecule has 0 unspecified atom stereocenters. The van der Waals surface area contributed by atoms with Crippen LogP contribution in [0.5, 0.6) is 5.75 Å². The molecule has 0 bridgehead atoms. The number of fused-ring (bicyclic) bond motifs is 1. The minimum Gasteiger partial charge on any atom is -0.508 e. The van der Waals surface area contributed by atoms with E-state index in [1.807, 2.05) is 42.2 Å². The lowest BCUT2D eigenvalue weighted by Crippen LogP contribution is -2.38. The molecule has 6 heteroatoms. The molecule has 1 fully saturated rings. The summed E-state index contributed by atoms with van der Waals surface area (Å²) in [4.78, 5) is 31.8. The summed E-state index contributed by atoms with van der Waals surface area (Å²) in [7, 11) is 0. The van der Waals surface area contributed by atoms with Gasteiger partial charge in [0.15, 0.2) is 0 Å². The molecule has 156 valence electrons. The number of aryl methyl sites for hydroxylation is 1. The smallest absolute Gasteiger partial charge is 0.261 e. The number of piperidine rings is 1. The van der Waals surface area contributed by atoms with Gasteiger partial charge in [0.2, 0.25) is 5.91 Å². The summed E-state index contributed by atoms with van der Waals surface area (Å²) in [5.41, 5.74) is 1.89. The highest BCUT2D eigenvalue weighted by molar-refractivity contribution is 5.77. The molecule has 1 aliphatic rings. The van der Waals surface area contributed by atoms with E-state index in [0.717, 1.165) is 25.9 Å². The van der Waals surface area contributed by atoms with E-state index < -0.39 is 0 Å². The monoisotopic (exact) mass is 405 g/mol. The fraction of sp³-hybridized carbons (Fsp3) is 0.375. The third-order valence-electron chi connectivity index (χ3n) is 6.04. The van der Waals surface area contributed by atoms with Gasteiger partial charge >= 0.3 is 0 Å². The number of para-hydroxylation sites is 1. The normalized spacial score (nSPS) is 14.9. The minimum atomic E-state index is -0.0414. The molecule has 6 nitrogen and oxygen atoms in total. The quantitative estimate of drug-likeness (QED) is 0.704. The summed E-state index contributed by atoms with van der Waals surface area (Å²) in [6.45, 7) is 3.84. The maximum atomic E-state index is 12.7. The molecule has 0 aliphatic carbocycles. The van der Waals surface area contributed by atoms with Gasteiger partial charge in [-0.2, -0.15) is 0 Å². The van der Waals surface area contributed by atoms with Crippen LogP contribution in [0.1, 0.15) is 43.0 Å². The molecule has 0 spiro atoms. The Morgan fingerprint density at radius 1 is 1.10 bits per heavy atom. The van der Waals surface area contributed by atoms with Gasteiger partial charge in [-0.25, -0.2) is 4.98 Å². The van der Waals surface area contributed by atoms with E-state index in [1.165, 1.54) is 5.56 Å². The Hall–Kier alpha value is -3.15. The van der Waals surface area contributed by atoms with Crippen molar-refractivity contribution in [3.8, 4) is 5.75 Å². The highest BCUT2D eigenvalue weighted by Crippen LogP contribution is 2.29. The number of amides is 1. The number of phenolic OH excluding ortho intramolecular Hbond substituents is 1. The fourth-order valence-corrected chi connectivity index (χ4v) is 4.30. The van der Waals surface area contributed by atoms with Crippen molar-refractivity contribution in [3.63, 3.8) is 0 Å². The summed E-state index contributed by atoms with van der Waals surface area (Å²) in [5.74, 6) is 1.54.